The largest absolute Gasteiger partial charge is 0.478 e. The molecule has 4 fully saturated rings. The smallest absolute Gasteiger partial charge is 0.416 e. The van der Waals surface area contributed by atoms with E-state index in [1.165, 1.54) is 6.92 Å². The normalized spacial score (nSPS) is 38.0. The molecule has 10 heteroatoms. The van der Waals surface area contributed by atoms with Gasteiger partial charge < -0.3 is 19.7 Å². The van der Waals surface area contributed by atoms with Gasteiger partial charge in [0.05, 0.1) is 17.2 Å². The van der Waals surface area contributed by atoms with Crippen LogP contribution in [0.4, 0.5) is 13.2 Å². The van der Waals surface area contributed by atoms with Gasteiger partial charge in [0, 0.05) is 12.5 Å². The molecular formula is C39H51F3O7. The van der Waals surface area contributed by atoms with E-state index in [0.717, 1.165) is 42.7 Å². The maximum atomic E-state index is 13.1. The van der Waals surface area contributed by atoms with Crippen molar-refractivity contribution in [2.75, 3.05) is 0 Å². The zero-order valence-corrected chi connectivity index (χ0v) is 29.7. The second-order valence-corrected chi connectivity index (χ2v) is 16.1. The van der Waals surface area contributed by atoms with Crippen LogP contribution in [0.15, 0.2) is 47.1 Å². The Morgan fingerprint density at radius 1 is 0.980 bits per heavy atom. The minimum absolute atomic E-state index is 0.0547. The number of aliphatic hydroxyl groups excluding tert-OH is 1. The number of allylic oxidation sites excluding steroid dienone is 2. The molecular weight excluding hydrogens is 637 g/mol. The van der Waals surface area contributed by atoms with Crippen LogP contribution in [0, 0.1) is 39.9 Å². The first-order valence-electron chi connectivity index (χ1n) is 17.6. The molecule has 4 aliphatic carbocycles. The molecule has 7 nitrogen and oxygen atoms in total. The van der Waals surface area contributed by atoms with Crippen molar-refractivity contribution in [2.24, 2.45) is 39.9 Å². The number of carboxylic acid groups (broad SMARTS) is 1. The number of halogens is 3. The molecule has 0 saturated heterocycles. The van der Waals surface area contributed by atoms with Gasteiger partial charge in [-0.3, -0.25) is 4.79 Å². The number of carboxylic acids is 1. The van der Waals surface area contributed by atoms with E-state index < -0.39 is 58.8 Å². The number of benzene rings is 1. The van der Waals surface area contributed by atoms with E-state index in [-0.39, 0.29) is 40.2 Å². The zero-order chi connectivity index (χ0) is 36.3. The summed E-state index contributed by atoms with van der Waals surface area (Å²) in [6.07, 6.45) is 0.175. The van der Waals surface area contributed by atoms with Crippen LogP contribution in [-0.2, 0) is 25.2 Å². The lowest BCUT2D eigenvalue weighted by molar-refractivity contribution is -0.234. The molecule has 0 radical (unpaired) electrons. The Morgan fingerprint density at radius 3 is 2.20 bits per heavy atom. The average molecular weight is 689 g/mol. The number of esters is 2. The molecule has 0 aliphatic heterocycles. The van der Waals surface area contributed by atoms with Crippen molar-refractivity contribution in [1.82, 2.24) is 0 Å². The summed E-state index contributed by atoms with van der Waals surface area (Å²) in [6, 6.07) is 4.07. The van der Waals surface area contributed by atoms with Crippen LogP contribution in [0.2, 0.25) is 0 Å². The zero-order valence-electron chi connectivity index (χ0n) is 29.7. The third-order valence-corrected chi connectivity index (χ3v) is 13.2. The number of hydrogen-bond acceptors (Lipinski definition) is 6. The minimum Gasteiger partial charge on any atom is -0.478 e. The lowest BCUT2D eigenvalue weighted by Gasteiger charge is -2.69. The molecule has 4 aliphatic rings. The van der Waals surface area contributed by atoms with Crippen LogP contribution in [0.25, 0.3) is 0 Å². The predicted molar refractivity (Wildman–Crippen MR) is 177 cm³/mol. The highest BCUT2D eigenvalue weighted by molar-refractivity contribution is 5.89. The second-order valence-electron chi connectivity index (χ2n) is 16.1. The fourth-order valence-electron chi connectivity index (χ4n) is 10.9. The lowest BCUT2D eigenvalue weighted by atomic mass is 9.36. The molecule has 49 heavy (non-hydrogen) atoms. The summed E-state index contributed by atoms with van der Waals surface area (Å²) in [6.45, 7) is 14.0. The topological polar surface area (TPSA) is 110 Å². The third kappa shape index (κ3) is 6.47. The number of alkyl halides is 3. The number of aliphatic carboxylic acids is 1. The van der Waals surface area contributed by atoms with Crippen LogP contribution in [0.5, 0.6) is 0 Å². The Balaban J connectivity index is 1.43. The van der Waals surface area contributed by atoms with E-state index >= 15 is 0 Å². The minimum atomic E-state index is -4.50. The molecule has 0 spiro atoms. The molecule has 270 valence electrons. The average Bonchev–Trinajstić information content (AvgIpc) is 3.27. The molecule has 1 aromatic carbocycles. The van der Waals surface area contributed by atoms with Crippen molar-refractivity contribution in [1.29, 1.82) is 0 Å². The van der Waals surface area contributed by atoms with Crippen molar-refractivity contribution in [3.8, 4) is 0 Å². The maximum absolute atomic E-state index is 13.1. The van der Waals surface area contributed by atoms with Gasteiger partial charge in [-0.2, -0.15) is 13.2 Å². The van der Waals surface area contributed by atoms with E-state index in [1.54, 1.807) is 0 Å². The quantitative estimate of drug-likeness (QED) is 0.168. The Hall–Kier alpha value is -3.14. The summed E-state index contributed by atoms with van der Waals surface area (Å²) < 4.78 is 51.0. The summed E-state index contributed by atoms with van der Waals surface area (Å²) in [7, 11) is 0. The molecule has 0 bridgehead atoms. The number of aliphatic hydroxyl groups is 1. The number of carbonyl (C=O) groups excluding carboxylic acids is 2. The summed E-state index contributed by atoms with van der Waals surface area (Å²) in [5.74, 6) is -2.48. The van der Waals surface area contributed by atoms with Crippen LogP contribution < -0.4 is 0 Å². The number of hydrogen-bond donors (Lipinski definition) is 2. The number of ether oxygens (including phenoxy) is 2. The Morgan fingerprint density at radius 2 is 1.63 bits per heavy atom. The van der Waals surface area contributed by atoms with Crippen molar-refractivity contribution in [3.05, 3.63) is 58.2 Å². The van der Waals surface area contributed by atoms with Crippen molar-refractivity contribution in [3.63, 3.8) is 0 Å². The molecule has 1 unspecified atom stereocenters. The first-order valence-corrected chi connectivity index (χ1v) is 17.6. The van der Waals surface area contributed by atoms with Gasteiger partial charge in [-0.05, 0) is 135 Å². The van der Waals surface area contributed by atoms with Crippen molar-refractivity contribution in [2.45, 2.75) is 124 Å². The molecule has 0 heterocycles. The Bertz CT molecular complexity index is 1530. The van der Waals surface area contributed by atoms with Crippen LogP contribution in [0.3, 0.4) is 0 Å². The highest BCUT2D eigenvalue weighted by Crippen LogP contribution is 2.74. The molecule has 4 saturated carbocycles. The van der Waals surface area contributed by atoms with Crippen molar-refractivity contribution >= 4 is 17.9 Å². The van der Waals surface area contributed by atoms with Crippen LogP contribution >= 0.6 is 0 Å². The van der Waals surface area contributed by atoms with Gasteiger partial charge in [0.1, 0.15) is 12.2 Å². The number of carbonyl (C=O) groups is 3. The van der Waals surface area contributed by atoms with Gasteiger partial charge >= 0.3 is 24.1 Å². The maximum Gasteiger partial charge on any atom is 0.416 e. The standard InChI is InChI=1S/C39H51F3O7/c1-21(2)9-8-10-26(34(45)46)32-28-19-29(44)33-36(5)17-16-30(49-35(47)24-11-13-25(14-12-24)39(40,41)42)22(3)27(36)15-18-37(33,6)38(28,7)20-31(32)48-23(4)43/h9,11-14,22,27-31,33,44H,8,10,15-20H2,1-7H3,(H,45,46)/b32-26-/t22-,27-,28-,29+,30+,31-,33?,36-,37-,38-/m0/s1. The van der Waals surface area contributed by atoms with E-state index in [0.29, 0.717) is 44.1 Å². The molecule has 0 aromatic heterocycles. The summed E-state index contributed by atoms with van der Waals surface area (Å²) >= 11 is 0. The third-order valence-electron chi connectivity index (χ3n) is 13.2. The highest BCUT2D eigenvalue weighted by atomic mass is 19.4. The van der Waals surface area contributed by atoms with Gasteiger partial charge in [-0.25, -0.2) is 9.59 Å². The van der Waals surface area contributed by atoms with E-state index in [9.17, 15) is 37.8 Å². The Kier molecular flexibility index (Phi) is 10.00. The van der Waals surface area contributed by atoms with Gasteiger partial charge in [-0.15, -0.1) is 0 Å². The van der Waals surface area contributed by atoms with Gasteiger partial charge in [0.25, 0.3) is 0 Å². The first-order chi connectivity index (χ1) is 22.7. The van der Waals surface area contributed by atoms with E-state index in [4.69, 9.17) is 9.47 Å². The lowest BCUT2D eigenvalue weighted by Crippen LogP contribution is -2.65. The van der Waals surface area contributed by atoms with E-state index in [1.807, 2.05) is 19.9 Å². The highest BCUT2D eigenvalue weighted by Gasteiger charge is 2.71. The summed E-state index contributed by atoms with van der Waals surface area (Å²) in [5.41, 5.74) is 0.0703. The van der Waals surface area contributed by atoms with Gasteiger partial charge in [0.15, 0.2) is 0 Å². The fraction of sp³-hybridized carbons (Fsp3) is 0.667. The van der Waals surface area contributed by atoms with Crippen LogP contribution in [-0.4, -0.2) is 46.4 Å². The molecule has 0 amide bonds. The van der Waals surface area contributed by atoms with Gasteiger partial charge in [0.2, 0.25) is 0 Å². The summed E-state index contributed by atoms with van der Waals surface area (Å²) in [4.78, 5) is 38.2. The molecule has 1 aromatic rings. The second kappa shape index (κ2) is 13.2. The number of fused-ring (bicyclic) bond motifs is 5. The van der Waals surface area contributed by atoms with Crippen molar-refractivity contribution < 1.29 is 47.2 Å². The van der Waals surface area contributed by atoms with E-state index in [2.05, 4.69) is 27.7 Å². The summed E-state index contributed by atoms with van der Waals surface area (Å²) in [5, 5.41) is 22.6. The first kappa shape index (κ1) is 37.1. The fourth-order valence-corrected chi connectivity index (χ4v) is 10.9. The number of rotatable bonds is 7. The Labute approximate surface area is 287 Å². The molecule has 10 atom stereocenters. The molecule has 2 N–H and O–H groups in total. The van der Waals surface area contributed by atoms with Crippen LogP contribution in [0.1, 0.15) is 116 Å². The monoisotopic (exact) mass is 688 g/mol. The molecule has 5 rings (SSSR count). The van der Waals surface area contributed by atoms with Gasteiger partial charge in [-0.1, -0.05) is 39.3 Å². The SMILES string of the molecule is CC(=O)O[C@H]1C[C@@]2(C)[C@@H](C[C@@H](O)C3[C@]2(C)CC[C@H]2[C@H](C)[C@H](OC(=O)c4ccc(C(F)(F)F)cc4)CC[C@]32C)/C1=C(\CCC=C(C)C)C(=O)O. The predicted octanol–water partition coefficient (Wildman–Crippen LogP) is 8.55.